The number of aliphatic hydroxyl groups is 1. The molecule has 0 radical (unpaired) electrons. The van der Waals surface area contributed by atoms with E-state index in [1.165, 1.54) is 6.26 Å². The molecular weight excluding hydrogens is 472 g/mol. The smallest absolute Gasteiger partial charge is 0.156 e. The summed E-state index contributed by atoms with van der Waals surface area (Å²) in [4.78, 5) is 9.00. The van der Waals surface area contributed by atoms with E-state index in [4.69, 9.17) is 0 Å². The highest BCUT2D eigenvalue weighted by atomic mass is 32.2. The molecule has 0 saturated carbocycles. The average Bonchev–Trinajstić information content (AvgIpc) is 2.87. The topological polar surface area (TPSA) is 100 Å². The fourth-order valence-electron chi connectivity index (χ4n) is 4.39. The fourth-order valence-corrected chi connectivity index (χ4v) is 4.94. The van der Waals surface area contributed by atoms with E-state index in [0.29, 0.717) is 24.0 Å². The van der Waals surface area contributed by atoms with Crippen LogP contribution in [0, 0.1) is 0 Å². The van der Waals surface area contributed by atoms with Gasteiger partial charge in [-0.15, -0.1) is 0 Å². The number of fused-ring (bicyclic) bond motifs is 1. The van der Waals surface area contributed by atoms with Gasteiger partial charge < -0.3 is 10.2 Å². The van der Waals surface area contributed by atoms with E-state index in [9.17, 15) is 18.6 Å². The maximum atomic E-state index is 12.6. The second-order valence-corrected chi connectivity index (χ2v) is 12.4. The van der Waals surface area contributed by atoms with Crippen LogP contribution in [0.3, 0.4) is 0 Å². The zero-order valence-electron chi connectivity index (χ0n) is 21.3. The summed E-state index contributed by atoms with van der Waals surface area (Å²) in [5.74, 6) is -0.0480. The molecule has 0 aliphatic rings. The van der Waals surface area contributed by atoms with Crippen LogP contribution in [0.25, 0.3) is 33.2 Å². The Hall–Kier alpha value is -3.29. The van der Waals surface area contributed by atoms with Crippen LogP contribution in [0.15, 0.2) is 67.0 Å². The Bertz CT molecular complexity index is 1540. The number of aromatic hydroxyl groups is 1. The second-order valence-electron chi connectivity index (χ2n) is 9.79. The average molecular weight is 505 g/mol. The highest BCUT2D eigenvalue weighted by Crippen LogP contribution is 2.39. The van der Waals surface area contributed by atoms with Gasteiger partial charge in [0.1, 0.15) is 17.0 Å². The molecule has 7 heteroatoms. The maximum absolute atomic E-state index is 12.6. The van der Waals surface area contributed by atoms with Crippen molar-refractivity contribution in [1.29, 1.82) is 0 Å². The van der Waals surface area contributed by atoms with Gasteiger partial charge >= 0.3 is 0 Å². The lowest BCUT2D eigenvalue weighted by molar-refractivity contribution is 0.0216. The van der Waals surface area contributed by atoms with Crippen molar-refractivity contribution in [2.24, 2.45) is 0 Å². The Morgan fingerprint density at radius 1 is 0.889 bits per heavy atom. The summed E-state index contributed by atoms with van der Waals surface area (Å²) in [7, 11) is -3.38. The molecule has 0 fully saturated rings. The lowest BCUT2D eigenvalue weighted by Crippen LogP contribution is -2.28. The highest BCUT2D eigenvalue weighted by molar-refractivity contribution is 7.91. The first kappa shape index (κ1) is 25.8. The molecule has 0 spiro atoms. The summed E-state index contributed by atoms with van der Waals surface area (Å²) >= 11 is 0. The van der Waals surface area contributed by atoms with Gasteiger partial charge in [-0.05, 0) is 73.7 Å². The first-order valence-electron chi connectivity index (χ1n) is 12.0. The second kappa shape index (κ2) is 9.30. The Kier molecular flexibility index (Phi) is 6.66. The Morgan fingerprint density at radius 3 is 2.22 bits per heavy atom. The van der Waals surface area contributed by atoms with E-state index in [1.807, 2.05) is 62.4 Å². The largest absolute Gasteiger partial charge is 0.506 e. The van der Waals surface area contributed by atoms with Crippen LogP contribution in [-0.4, -0.2) is 34.9 Å². The maximum Gasteiger partial charge on any atom is 0.156 e. The predicted octanol–water partition coefficient (Wildman–Crippen LogP) is 5.96. The van der Waals surface area contributed by atoms with E-state index >= 15 is 0 Å². The Morgan fingerprint density at radius 2 is 1.58 bits per heavy atom. The van der Waals surface area contributed by atoms with Gasteiger partial charge in [0.15, 0.2) is 9.84 Å². The third-order valence-corrected chi connectivity index (χ3v) is 9.40. The molecule has 2 heterocycles. The van der Waals surface area contributed by atoms with Crippen LogP contribution < -0.4 is 0 Å². The van der Waals surface area contributed by atoms with Crippen LogP contribution in [-0.2, 0) is 20.2 Å². The van der Waals surface area contributed by atoms with Crippen LogP contribution in [0.1, 0.15) is 51.8 Å². The fraction of sp³-hybridized carbons (Fsp3) is 0.310. The number of pyridine rings is 2. The third kappa shape index (κ3) is 4.49. The molecular formula is C29H32N2O4S. The van der Waals surface area contributed by atoms with Gasteiger partial charge in [-0.1, -0.05) is 38.1 Å². The first-order chi connectivity index (χ1) is 16.9. The van der Waals surface area contributed by atoms with E-state index in [1.54, 1.807) is 32.3 Å². The number of rotatable bonds is 7. The summed E-state index contributed by atoms with van der Waals surface area (Å²) in [6, 6.07) is 16.9. The lowest BCUT2D eigenvalue weighted by Gasteiger charge is -2.25. The lowest BCUT2D eigenvalue weighted by atomic mass is 9.90. The van der Waals surface area contributed by atoms with Gasteiger partial charge in [-0.25, -0.2) is 8.42 Å². The molecule has 4 aromatic rings. The van der Waals surface area contributed by atoms with Crippen molar-refractivity contribution < 1.29 is 18.6 Å². The normalized spacial score (nSPS) is 12.7. The number of nitrogens with zero attached hydrogens (tertiary/aromatic N) is 2. The summed E-state index contributed by atoms with van der Waals surface area (Å²) in [5, 5.41) is 22.4. The molecule has 2 aromatic heterocycles. The number of sulfone groups is 1. The Balaban J connectivity index is 1.87. The van der Waals surface area contributed by atoms with E-state index in [2.05, 4.69) is 9.97 Å². The van der Waals surface area contributed by atoms with Crippen LogP contribution in [0.5, 0.6) is 5.75 Å². The molecule has 2 N–H and O–H groups in total. The van der Waals surface area contributed by atoms with Crippen LogP contribution in [0.4, 0.5) is 0 Å². The van der Waals surface area contributed by atoms with Crippen LogP contribution >= 0.6 is 0 Å². The van der Waals surface area contributed by atoms with Gasteiger partial charge in [-0.2, -0.15) is 0 Å². The van der Waals surface area contributed by atoms with Crippen molar-refractivity contribution in [1.82, 2.24) is 9.97 Å². The van der Waals surface area contributed by atoms with Gasteiger partial charge in [0, 0.05) is 35.2 Å². The van der Waals surface area contributed by atoms with Crippen molar-refractivity contribution >= 4 is 20.7 Å². The van der Waals surface area contributed by atoms with Crippen molar-refractivity contribution in [3.05, 3.63) is 78.2 Å². The molecule has 4 rings (SSSR count). The monoisotopic (exact) mass is 504 g/mol. The summed E-state index contributed by atoms with van der Waals surface area (Å²) in [6.45, 7) is 7.15. The standard InChI is InChI=1S/C29H32N2O4S/c1-6-29(33,7-2)27-25(32)16-22(18-31-27)19-10-8-11-20(14-19)24-17-23(28(3,4)36(5,34)35)15-21-12-9-13-30-26(21)24/h8-18,32-33H,6-7H2,1-5H3. The summed E-state index contributed by atoms with van der Waals surface area (Å²) in [6.07, 6.45) is 5.52. The molecule has 0 bridgehead atoms. The zero-order chi connectivity index (χ0) is 26.3. The quantitative estimate of drug-likeness (QED) is 0.322. The van der Waals surface area contributed by atoms with Gasteiger partial charge in [0.25, 0.3) is 0 Å². The molecule has 0 atom stereocenters. The molecule has 36 heavy (non-hydrogen) atoms. The minimum Gasteiger partial charge on any atom is -0.506 e. The Labute approximate surface area is 212 Å². The van der Waals surface area contributed by atoms with Crippen molar-refractivity contribution in [2.75, 3.05) is 6.26 Å². The molecule has 0 unspecified atom stereocenters. The van der Waals surface area contributed by atoms with E-state index in [0.717, 1.165) is 27.6 Å². The number of benzene rings is 2. The van der Waals surface area contributed by atoms with Gasteiger partial charge in [0.05, 0.1) is 10.3 Å². The summed E-state index contributed by atoms with van der Waals surface area (Å²) < 4.78 is 24.1. The van der Waals surface area contributed by atoms with Crippen LogP contribution in [0.2, 0.25) is 0 Å². The first-order valence-corrected chi connectivity index (χ1v) is 13.9. The molecule has 0 saturated heterocycles. The molecule has 0 amide bonds. The minimum atomic E-state index is -3.38. The molecule has 2 aromatic carbocycles. The van der Waals surface area contributed by atoms with E-state index < -0.39 is 20.2 Å². The highest BCUT2D eigenvalue weighted by Gasteiger charge is 2.33. The van der Waals surface area contributed by atoms with Gasteiger partial charge in [0.2, 0.25) is 0 Å². The SMILES string of the molecule is CCC(O)(CC)c1ncc(-c2cccc(-c3cc(C(C)(C)S(C)(=O)=O)cc4cccnc34)c2)cc1O. The molecule has 0 aliphatic carbocycles. The predicted molar refractivity (Wildman–Crippen MR) is 144 cm³/mol. The third-order valence-electron chi connectivity index (χ3n) is 7.31. The number of hydrogen-bond acceptors (Lipinski definition) is 6. The number of hydrogen-bond donors (Lipinski definition) is 2. The minimum absolute atomic E-state index is 0.0480. The summed E-state index contributed by atoms with van der Waals surface area (Å²) in [5.41, 5.74) is 3.78. The molecule has 188 valence electrons. The zero-order valence-corrected chi connectivity index (χ0v) is 22.1. The van der Waals surface area contributed by atoms with Crippen molar-refractivity contribution in [3.8, 4) is 28.0 Å². The van der Waals surface area contributed by atoms with Gasteiger partial charge in [-0.3, -0.25) is 9.97 Å². The van der Waals surface area contributed by atoms with Crippen molar-refractivity contribution in [3.63, 3.8) is 0 Å². The van der Waals surface area contributed by atoms with E-state index in [-0.39, 0.29) is 11.4 Å². The van der Waals surface area contributed by atoms with Crippen molar-refractivity contribution in [2.45, 2.75) is 50.9 Å². The number of aromatic nitrogens is 2. The molecule has 6 nitrogen and oxygen atoms in total. The molecule has 0 aliphatic heterocycles.